The van der Waals surface area contributed by atoms with Gasteiger partial charge in [0.25, 0.3) is 0 Å². The summed E-state index contributed by atoms with van der Waals surface area (Å²) in [6, 6.07) is 0.426. The van der Waals surface area contributed by atoms with Crippen LogP contribution >= 0.6 is 0 Å². The molecular formula is C14H25N3O. The van der Waals surface area contributed by atoms with Gasteiger partial charge in [0.05, 0.1) is 0 Å². The van der Waals surface area contributed by atoms with Gasteiger partial charge in [0.2, 0.25) is 5.89 Å². The molecule has 1 saturated carbocycles. The standard InChI is InChI=1S/C14H25N3O/c1-5-6-15-12(9(2)3)8-13-16-14(17-18-13)11-7-10(11)4/h9-12,15H,5-8H2,1-4H3. The van der Waals surface area contributed by atoms with E-state index in [1.165, 1.54) is 6.42 Å². The Labute approximate surface area is 110 Å². The van der Waals surface area contributed by atoms with Crippen LogP contribution in [0.3, 0.4) is 0 Å². The fraction of sp³-hybridized carbons (Fsp3) is 0.857. The first-order chi connectivity index (χ1) is 8.61. The zero-order valence-electron chi connectivity index (χ0n) is 11.9. The zero-order chi connectivity index (χ0) is 13.1. The Kier molecular flexibility index (Phi) is 4.38. The van der Waals surface area contributed by atoms with Crippen LogP contribution in [0.2, 0.25) is 0 Å². The third-order valence-corrected chi connectivity index (χ3v) is 3.78. The third kappa shape index (κ3) is 3.31. The Balaban J connectivity index is 1.91. The Bertz CT molecular complexity index is 375. The van der Waals surface area contributed by atoms with Crippen LogP contribution in [0.25, 0.3) is 0 Å². The number of hydrogen-bond acceptors (Lipinski definition) is 4. The lowest BCUT2D eigenvalue weighted by molar-refractivity contribution is 0.324. The Morgan fingerprint density at radius 3 is 2.72 bits per heavy atom. The summed E-state index contributed by atoms with van der Waals surface area (Å²) in [5.41, 5.74) is 0. The van der Waals surface area contributed by atoms with E-state index < -0.39 is 0 Å². The molecule has 4 heteroatoms. The molecule has 102 valence electrons. The maximum Gasteiger partial charge on any atom is 0.228 e. The van der Waals surface area contributed by atoms with E-state index in [-0.39, 0.29) is 0 Å². The van der Waals surface area contributed by atoms with E-state index in [0.717, 1.165) is 37.0 Å². The first-order valence-corrected chi connectivity index (χ1v) is 7.17. The highest BCUT2D eigenvalue weighted by Gasteiger charge is 2.38. The van der Waals surface area contributed by atoms with Crippen molar-refractivity contribution in [3.63, 3.8) is 0 Å². The van der Waals surface area contributed by atoms with Crippen LogP contribution in [0.15, 0.2) is 4.52 Å². The van der Waals surface area contributed by atoms with Crippen molar-refractivity contribution in [3.05, 3.63) is 11.7 Å². The Morgan fingerprint density at radius 1 is 1.44 bits per heavy atom. The minimum absolute atomic E-state index is 0.426. The van der Waals surface area contributed by atoms with Gasteiger partial charge in [0.15, 0.2) is 5.82 Å². The molecule has 18 heavy (non-hydrogen) atoms. The molecule has 3 unspecified atom stereocenters. The molecule has 1 aromatic rings. The highest BCUT2D eigenvalue weighted by molar-refractivity contribution is 5.07. The molecule has 1 aliphatic rings. The molecule has 0 radical (unpaired) electrons. The normalized spacial score (nSPS) is 24.5. The van der Waals surface area contributed by atoms with Crippen LogP contribution in [-0.4, -0.2) is 22.7 Å². The smallest absolute Gasteiger partial charge is 0.228 e. The zero-order valence-corrected chi connectivity index (χ0v) is 11.9. The molecule has 1 N–H and O–H groups in total. The van der Waals surface area contributed by atoms with E-state index in [9.17, 15) is 0 Å². The molecule has 1 heterocycles. The molecule has 2 rings (SSSR count). The van der Waals surface area contributed by atoms with Crippen molar-refractivity contribution in [3.8, 4) is 0 Å². The second-order valence-corrected chi connectivity index (χ2v) is 5.87. The lowest BCUT2D eigenvalue weighted by Crippen LogP contribution is -2.36. The number of nitrogens with zero attached hydrogens (tertiary/aromatic N) is 2. The second-order valence-electron chi connectivity index (χ2n) is 5.87. The van der Waals surface area contributed by atoms with E-state index in [1.807, 2.05) is 0 Å². The van der Waals surface area contributed by atoms with Crippen LogP contribution in [-0.2, 0) is 6.42 Å². The summed E-state index contributed by atoms with van der Waals surface area (Å²) >= 11 is 0. The first kappa shape index (κ1) is 13.5. The van der Waals surface area contributed by atoms with Gasteiger partial charge in [-0.2, -0.15) is 4.98 Å². The number of hydrogen-bond donors (Lipinski definition) is 1. The van der Waals surface area contributed by atoms with Gasteiger partial charge < -0.3 is 9.84 Å². The minimum Gasteiger partial charge on any atom is -0.339 e. The van der Waals surface area contributed by atoms with Gasteiger partial charge in [-0.15, -0.1) is 0 Å². The highest BCUT2D eigenvalue weighted by Crippen LogP contribution is 2.45. The van der Waals surface area contributed by atoms with E-state index >= 15 is 0 Å². The predicted molar refractivity (Wildman–Crippen MR) is 71.4 cm³/mol. The third-order valence-electron chi connectivity index (χ3n) is 3.78. The first-order valence-electron chi connectivity index (χ1n) is 7.17. The summed E-state index contributed by atoms with van der Waals surface area (Å²) in [5.74, 6) is 3.55. The summed E-state index contributed by atoms with van der Waals surface area (Å²) in [6.45, 7) is 9.93. The maximum absolute atomic E-state index is 5.37. The van der Waals surface area contributed by atoms with Crippen molar-refractivity contribution < 1.29 is 4.52 Å². The van der Waals surface area contributed by atoms with Crippen LogP contribution < -0.4 is 5.32 Å². The molecule has 0 amide bonds. The lowest BCUT2D eigenvalue weighted by atomic mass is 10.0. The molecule has 0 aromatic carbocycles. The van der Waals surface area contributed by atoms with Crippen molar-refractivity contribution in [1.29, 1.82) is 0 Å². The molecule has 1 fully saturated rings. The Hall–Kier alpha value is -0.900. The SMILES string of the molecule is CCCNC(Cc1nc(C2CC2C)no1)C(C)C. The summed E-state index contributed by atoms with van der Waals surface area (Å²) < 4.78 is 5.37. The van der Waals surface area contributed by atoms with Gasteiger partial charge in [-0.3, -0.25) is 0 Å². The van der Waals surface area contributed by atoms with Crippen molar-refractivity contribution in [1.82, 2.24) is 15.5 Å². The molecule has 0 saturated heterocycles. The van der Waals surface area contributed by atoms with Crippen molar-refractivity contribution >= 4 is 0 Å². The molecule has 3 atom stereocenters. The maximum atomic E-state index is 5.37. The summed E-state index contributed by atoms with van der Waals surface area (Å²) in [6.07, 6.45) is 3.20. The van der Waals surface area contributed by atoms with Gasteiger partial charge in [-0.25, -0.2) is 0 Å². The van der Waals surface area contributed by atoms with Gasteiger partial charge in [0.1, 0.15) is 0 Å². The van der Waals surface area contributed by atoms with Crippen molar-refractivity contribution in [2.75, 3.05) is 6.54 Å². The summed E-state index contributed by atoms with van der Waals surface area (Å²) in [5, 5.41) is 7.66. The molecule has 1 aromatic heterocycles. The highest BCUT2D eigenvalue weighted by atomic mass is 16.5. The topological polar surface area (TPSA) is 51.0 Å². The summed E-state index contributed by atoms with van der Waals surface area (Å²) in [4.78, 5) is 4.54. The molecule has 0 spiro atoms. The molecule has 0 bridgehead atoms. The molecular weight excluding hydrogens is 226 g/mol. The van der Waals surface area contributed by atoms with Gasteiger partial charge in [-0.05, 0) is 31.2 Å². The molecule has 0 aliphatic heterocycles. The molecule has 4 nitrogen and oxygen atoms in total. The van der Waals surface area contributed by atoms with Crippen LogP contribution in [0.5, 0.6) is 0 Å². The largest absolute Gasteiger partial charge is 0.339 e. The summed E-state index contributed by atoms with van der Waals surface area (Å²) in [7, 11) is 0. The van der Waals surface area contributed by atoms with Crippen LogP contribution in [0.1, 0.15) is 58.2 Å². The van der Waals surface area contributed by atoms with E-state index in [1.54, 1.807) is 0 Å². The van der Waals surface area contributed by atoms with Gasteiger partial charge in [0, 0.05) is 18.4 Å². The average molecular weight is 251 g/mol. The van der Waals surface area contributed by atoms with Crippen LogP contribution in [0.4, 0.5) is 0 Å². The van der Waals surface area contributed by atoms with Crippen molar-refractivity contribution in [2.24, 2.45) is 11.8 Å². The van der Waals surface area contributed by atoms with E-state index in [0.29, 0.717) is 17.9 Å². The average Bonchev–Trinajstić information content (AvgIpc) is 2.89. The number of aromatic nitrogens is 2. The number of nitrogens with one attached hydrogen (secondary N) is 1. The fourth-order valence-electron chi connectivity index (χ4n) is 2.24. The van der Waals surface area contributed by atoms with Gasteiger partial charge >= 0.3 is 0 Å². The monoisotopic (exact) mass is 251 g/mol. The Morgan fingerprint density at radius 2 is 2.17 bits per heavy atom. The molecule has 1 aliphatic carbocycles. The quantitative estimate of drug-likeness (QED) is 0.809. The minimum atomic E-state index is 0.426. The van der Waals surface area contributed by atoms with Crippen LogP contribution in [0, 0.1) is 11.8 Å². The van der Waals surface area contributed by atoms with E-state index in [4.69, 9.17) is 4.52 Å². The number of rotatable bonds is 7. The lowest BCUT2D eigenvalue weighted by Gasteiger charge is -2.20. The van der Waals surface area contributed by atoms with Gasteiger partial charge in [-0.1, -0.05) is 32.9 Å². The predicted octanol–water partition coefficient (Wildman–Crippen LogP) is 2.76. The fourth-order valence-corrected chi connectivity index (χ4v) is 2.24. The second kappa shape index (κ2) is 5.83. The van der Waals surface area contributed by atoms with E-state index in [2.05, 4.69) is 43.2 Å². The van der Waals surface area contributed by atoms with Crippen molar-refractivity contribution in [2.45, 2.75) is 58.9 Å².